The van der Waals surface area contributed by atoms with E-state index < -0.39 is 0 Å². The Morgan fingerprint density at radius 1 is 1.10 bits per heavy atom. The molecule has 6 heteroatoms. The number of pyridine rings is 1. The summed E-state index contributed by atoms with van der Waals surface area (Å²) in [5.41, 5.74) is 4.49. The van der Waals surface area contributed by atoms with Crippen LogP contribution in [-0.4, -0.2) is 33.1 Å². The van der Waals surface area contributed by atoms with E-state index in [2.05, 4.69) is 24.8 Å². The topological polar surface area (TPSA) is 71.6 Å². The van der Waals surface area contributed by atoms with Gasteiger partial charge in [-0.25, -0.2) is 0 Å². The van der Waals surface area contributed by atoms with Crippen LogP contribution in [0.3, 0.4) is 0 Å². The van der Waals surface area contributed by atoms with Gasteiger partial charge < -0.3 is 0 Å². The van der Waals surface area contributed by atoms with Crippen LogP contribution in [0, 0.1) is 23.0 Å². The molecule has 0 radical (unpaired) electrons. The molecule has 158 valence electrons. The lowest BCUT2D eigenvalue weighted by Gasteiger charge is -2.44. The average Bonchev–Trinajstić information content (AvgIpc) is 2.75. The minimum atomic E-state index is -0.268. The summed E-state index contributed by atoms with van der Waals surface area (Å²) in [7, 11) is 0. The number of para-hydroxylation sites is 1. The van der Waals surface area contributed by atoms with Crippen LogP contribution in [0.2, 0.25) is 0 Å². The third kappa shape index (κ3) is 4.15. The van der Waals surface area contributed by atoms with Gasteiger partial charge in [-0.05, 0) is 56.6 Å². The van der Waals surface area contributed by atoms with Crippen LogP contribution in [0.15, 0.2) is 47.6 Å². The normalized spacial score (nSPS) is 25.0. The molecule has 2 aliphatic rings. The molecule has 3 heterocycles. The Balaban J connectivity index is 1.76. The summed E-state index contributed by atoms with van der Waals surface area (Å²) < 4.78 is 0. The third-order valence-corrected chi connectivity index (χ3v) is 6.60. The molecule has 2 aliphatic heterocycles. The molecule has 30 heavy (non-hydrogen) atoms. The van der Waals surface area contributed by atoms with Crippen molar-refractivity contribution >= 4 is 11.4 Å². The van der Waals surface area contributed by atoms with Crippen molar-refractivity contribution in [2.75, 3.05) is 6.54 Å². The predicted molar refractivity (Wildman–Crippen MR) is 119 cm³/mol. The van der Waals surface area contributed by atoms with E-state index in [1.165, 1.54) is 17.7 Å². The first-order chi connectivity index (χ1) is 14.6. The molecule has 2 aromatic rings. The number of piperidine rings is 1. The van der Waals surface area contributed by atoms with Crippen molar-refractivity contribution in [3.8, 4) is 0 Å². The molecule has 1 aromatic carbocycles. The van der Waals surface area contributed by atoms with Crippen LogP contribution in [0.4, 0.5) is 5.69 Å². The second kappa shape index (κ2) is 9.04. The van der Waals surface area contributed by atoms with Crippen LogP contribution < -0.4 is 0 Å². The summed E-state index contributed by atoms with van der Waals surface area (Å²) >= 11 is 0. The van der Waals surface area contributed by atoms with Gasteiger partial charge >= 0.3 is 0 Å². The summed E-state index contributed by atoms with van der Waals surface area (Å²) in [6.07, 6.45) is 7.34. The number of rotatable bonds is 5. The van der Waals surface area contributed by atoms with Crippen molar-refractivity contribution in [3.63, 3.8) is 0 Å². The number of nitro benzene ring substituents is 1. The number of nitrogens with zero attached hydrogens (tertiary/aromatic N) is 4. The van der Waals surface area contributed by atoms with Gasteiger partial charge in [0.25, 0.3) is 5.69 Å². The zero-order valence-electron chi connectivity index (χ0n) is 17.8. The maximum absolute atomic E-state index is 11.7. The highest BCUT2D eigenvalue weighted by Gasteiger charge is 2.38. The van der Waals surface area contributed by atoms with Crippen molar-refractivity contribution < 1.29 is 4.92 Å². The Bertz CT molecular complexity index is 942. The fraction of sp³-hybridized carbons (Fsp3) is 0.500. The largest absolute Gasteiger partial charge is 0.292 e. The molecule has 1 saturated heterocycles. The fourth-order valence-corrected chi connectivity index (χ4v) is 5.09. The lowest BCUT2D eigenvalue weighted by molar-refractivity contribution is -0.385. The smallest absolute Gasteiger partial charge is 0.273 e. The standard InChI is InChI=1S/C24H30N4O2/c1-17-8-6-14-25-23(17)21-12-5-13-22(24-18(2)9-7-15-26-24)27(21)16-19-10-3-4-11-20(19)28(29)30/h3-4,6,8,10-11,14,18,21-22H,5,7,9,12-13,15-16H2,1-2H3/t18?,21-,22+/m1/s1. The van der Waals surface area contributed by atoms with E-state index >= 15 is 0 Å². The van der Waals surface area contributed by atoms with E-state index in [0.29, 0.717) is 12.5 Å². The van der Waals surface area contributed by atoms with Crippen LogP contribution >= 0.6 is 0 Å². The fourth-order valence-electron chi connectivity index (χ4n) is 5.09. The maximum atomic E-state index is 11.7. The van der Waals surface area contributed by atoms with Gasteiger partial charge in [-0.3, -0.25) is 25.0 Å². The zero-order valence-corrected chi connectivity index (χ0v) is 17.8. The summed E-state index contributed by atoms with van der Waals surface area (Å²) in [5, 5.41) is 11.7. The first-order valence-electron chi connectivity index (χ1n) is 11.0. The number of aliphatic imine (C=N–C) groups is 1. The number of hydrogen-bond acceptors (Lipinski definition) is 5. The lowest BCUT2D eigenvalue weighted by atomic mass is 9.83. The monoisotopic (exact) mass is 406 g/mol. The minimum Gasteiger partial charge on any atom is -0.292 e. The van der Waals surface area contributed by atoms with Gasteiger partial charge in [0.2, 0.25) is 0 Å². The molecule has 0 spiro atoms. The highest BCUT2D eigenvalue weighted by molar-refractivity contribution is 5.92. The van der Waals surface area contributed by atoms with Gasteiger partial charge in [-0.1, -0.05) is 31.2 Å². The third-order valence-electron chi connectivity index (χ3n) is 6.60. The van der Waals surface area contributed by atoms with Gasteiger partial charge in [0.15, 0.2) is 0 Å². The molecule has 4 rings (SSSR count). The van der Waals surface area contributed by atoms with Crippen molar-refractivity contribution in [2.24, 2.45) is 10.9 Å². The number of benzene rings is 1. The summed E-state index contributed by atoms with van der Waals surface area (Å²) in [5.74, 6) is 0.459. The van der Waals surface area contributed by atoms with Gasteiger partial charge in [-0.2, -0.15) is 0 Å². The Kier molecular flexibility index (Phi) is 6.23. The van der Waals surface area contributed by atoms with Crippen molar-refractivity contribution in [2.45, 2.75) is 64.6 Å². The number of aromatic nitrogens is 1. The van der Waals surface area contributed by atoms with E-state index in [1.807, 2.05) is 24.4 Å². The molecule has 0 amide bonds. The van der Waals surface area contributed by atoms with Gasteiger partial charge in [0.1, 0.15) is 0 Å². The van der Waals surface area contributed by atoms with Crippen molar-refractivity contribution in [1.29, 1.82) is 0 Å². The molecular formula is C24H30N4O2. The Morgan fingerprint density at radius 2 is 1.90 bits per heavy atom. The Morgan fingerprint density at radius 3 is 2.67 bits per heavy atom. The van der Waals surface area contributed by atoms with Crippen LogP contribution in [0.1, 0.15) is 61.9 Å². The average molecular weight is 407 g/mol. The predicted octanol–water partition coefficient (Wildman–Crippen LogP) is 5.26. The molecule has 0 aliphatic carbocycles. The quantitative estimate of drug-likeness (QED) is 0.501. The molecule has 0 saturated carbocycles. The second-order valence-electron chi connectivity index (χ2n) is 8.58. The van der Waals surface area contributed by atoms with Gasteiger partial charge in [-0.15, -0.1) is 0 Å². The van der Waals surface area contributed by atoms with Gasteiger partial charge in [0.05, 0.1) is 16.7 Å². The molecule has 1 unspecified atom stereocenters. The summed E-state index contributed by atoms with van der Waals surface area (Å²) in [6.45, 7) is 5.81. The number of aryl methyl sites for hydroxylation is 1. The molecule has 3 atom stereocenters. The SMILES string of the molecule is Cc1cccnc1[C@H]1CCC[C@@H](C2=NCCCC2C)N1Cc1ccccc1[N+](=O)[O-]. The van der Waals surface area contributed by atoms with E-state index in [4.69, 9.17) is 9.98 Å². The number of likely N-dealkylation sites (tertiary alicyclic amines) is 1. The minimum absolute atomic E-state index is 0.140. The molecule has 0 N–H and O–H groups in total. The number of nitro groups is 1. The highest BCUT2D eigenvalue weighted by Crippen LogP contribution is 2.39. The maximum Gasteiger partial charge on any atom is 0.273 e. The molecule has 1 fully saturated rings. The van der Waals surface area contributed by atoms with Crippen molar-refractivity contribution in [1.82, 2.24) is 9.88 Å². The number of hydrogen-bond donors (Lipinski definition) is 0. The van der Waals surface area contributed by atoms with Crippen LogP contribution in [0.25, 0.3) is 0 Å². The van der Waals surface area contributed by atoms with Gasteiger partial charge in [0, 0.05) is 42.7 Å². The summed E-state index contributed by atoms with van der Waals surface area (Å²) in [6, 6.07) is 11.6. The lowest BCUT2D eigenvalue weighted by Crippen LogP contribution is -2.48. The van der Waals surface area contributed by atoms with Crippen LogP contribution in [-0.2, 0) is 6.54 Å². The molecule has 0 bridgehead atoms. The zero-order chi connectivity index (χ0) is 21.1. The van der Waals surface area contributed by atoms with E-state index in [1.54, 1.807) is 12.1 Å². The van der Waals surface area contributed by atoms with E-state index in [9.17, 15) is 10.1 Å². The second-order valence-corrected chi connectivity index (χ2v) is 8.58. The first kappa shape index (κ1) is 20.7. The molecule has 1 aromatic heterocycles. The molecular weight excluding hydrogens is 376 g/mol. The van der Waals surface area contributed by atoms with E-state index in [0.717, 1.165) is 43.5 Å². The van der Waals surface area contributed by atoms with Crippen molar-refractivity contribution in [3.05, 3.63) is 69.5 Å². The highest BCUT2D eigenvalue weighted by atomic mass is 16.6. The Hall–Kier alpha value is -2.60. The van der Waals surface area contributed by atoms with E-state index in [-0.39, 0.29) is 22.7 Å². The first-order valence-corrected chi connectivity index (χ1v) is 11.0. The summed E-state index contributed by atoms with van der Waals surface area (Å²) in [4.78, 5) is 23.5. The van der Waals surface area contributed by atoms with Crippen LogP contribution in [0.5, 0.6) is 0 Å². The molecule has 6 nitrogen and oxygen atoms in total. The Labute approximate surface area is 178 Å².